The Bertz CT molecular complexity index is 1390. The van der Waals surface area contributed by atoms with E-state index in [1.54, 1.807) is 0 Å². The Morgan fingerprint density at radius 2 is 1.83 bits per heavy atom. The first-order valence-corrected chi connectivity index (χ1v) is 8.69. The van der Waals surface area contributed by atoms with Crippen LogP contribution in [-0.2, 0) is 6.61 Å². The van der Waals surface area contributed by atoms with E-state index in [-0.39, 0.29) is 45.1 Å². The van der Waals surface area contributed by atoms with Crippen molar-refractivity contribution in [2.45, 2.75) is 6.61 Å². The van der Waals surface area contributed by atoms with E-state index in [0.717, 1.165) is 11.8 Å². The third kappa shape index (κ3) is 3.12. The minimum absolute atomic E-state index is 0.0703. The van der Waals surface area contributed by atoms with Crippen LogP contribution in [0.3, 0.4) is 0 Å². The van der Waals surface area contributed by atoms with Gasteiger partial charge < -0.3 is 24.1 Å². The predicted molar refractivity (Wildman–Crippen MR) is 108 cm³/mol. The SMILES string of the molecule is COc1c/c(=C\O)c2c(oc(O)c3c(=O)cc(OCc4ccccc4)cc32)c1=O. The smallest absolute Gasteiger partial charge is 0.294 e. The fourth-order valence-electron chi connectivity index (χ4n) is 3.24. The zero-order valence-corrected chi connectivity index (χ0v) is 15.3. The Hall–Kier alpha value is -4.00. The van der Waals surface area contributed by atoms with Crippen LogP contribution in [0.25, 0.3) is 28.0 Å². The lowest BCUT2D eigenvalue weighted by Crippen LogP contribution is -2.15. The summed E-state index contributed by atoms with van der Waals surface area (Å²) >= 11 is 0. The third-order valence-corrected chi connectivity index (χ3v) is 4.60. The molecule has 0 spiro atoms. The average Bonchev–Trinajstić information content (AvgIpc) is 2.73. The van der Waals surface area contributed by atoms with E-state index in [1.807, 2.05) is 30.3 Å². The van der Waals surface area contributed by atoms with E-state index in [0.29, 0.717) is 0 Å². The van der Waals surface area contributed by atoms with Crippen LogP contribution in [0.2, 0.25) is 0 Å². The molecule has 2 N–H and O–H groups in total. The van der Waals surface area contributed by atoms with Gasteiger partial charge in [-0.3, -0.25) is 9.59 Å². The van der Waals surface area contributed by atoms with Crippen molar-refractivity contribution >= 4 is 28.0 Å². The van der Waals surface area contributed by atoms with Crippen LogP contribution in [0.4, 0.5) is 0 Å². The van der Waals surface area contributed by atoms with Crippen molar-refractivity contribution in [1.29, 1.82) is 0 Å². The maximum absolute atomic E-state index is 12.6. The highest BCUT2D eigenvalue weighted by Crippen LogP contribution is 2.31. The molecule has 1 heterocycles. The zero-order chi connectivity index (χ0) is 20.5. The van der Waals surface area contributed by atoms with E-state index in [4.69, 9.17) is 13.9 Å². The Kier molecular flexibility index (Phi) is 4.56. The second-order valence-corrected chi connectivity index (χ2v) is 6.36. The summed E-state index contributed by atoms with van der Waals surface area (Å²) in [7, 11) is 1.30. The molecule has 29 heavy (non-hydrogen) atoms. The van der Waals surface area contributed by atoms with Crippen LogP contribution >= 0.6 is 0 Å². The van der Waals surface area contributed by atoms with Gasteiger partial charge in [0.2, 0.25) is 0 Å². The topological polar surface area (TPSA) is 106 Å². The number of aliphatic hydroxyl groups is 1. The van der Waals surface area contributed by atoms with Gasteiger partial charge in [0.15, 0.2) is 16.8 Å². The first-order chi connectivity index (χ1) is 14.0. The number of fused-ring (bicyclic) bond motifs is 3. The minimum atomic E-state index is -0.693. The monoisotopic (exact) mass is 392 g/mol. The summed E-state index contributed by atoms with van der Waals surface area (Å²) < 4.78 is 16.0. The van der Waals surface area contributed by atoms with Crippen LogP contribution in [0.1, 0.15) is 5.56 Å². The van der Waals surface area contributed by atoms with Gasteiger partial charge in [0.1, 0.15) is 17.7 Å². The highest BCUT2D eigenvalue weighted by molar-refractivity contribution is 6.07. The van der Waals surface area contributed by atoms with E-state index in [9.17, 15) is 19.8 Å². The fraction of sp³-hybridized carbons (Fsp3) is 0.0909. The van der Waals surface area contributed by atoms with Gasteiger partial charge in [-0.05, 0) is 17.7 Å². The molecule has 7 heteroatoms. The van der Waals surface area contributed by atoms with Gasteiger partial charge in [0, 0.05) is 22.1 Å². The van der Waals surface area contributed by atoms with Crippen molar-refractivity contribution in [3.8, 4) is 17.4 Å². The lowest BCUT2D eigenvalue weighted by molar-refractivity contribution is 0.306. The summed E-state index contributed by atoms with van der Waals surface area (Å²) in [5.74, 6) is -0.508. The molecular formula is C22H16O7. The quantitative estimate of drug-likeness (QED) is 0.514. The molecule has 0 unspecified atom stereocenters. The van der Waals surface area contributed by atoms with Crippen LogP contribution < -0.4 is 25.5 Å². The first kappa shape index (κ1) is 18.4. The molecule has 0 fully saturated rings. The molecule has 0 atom stereocenters. The highest BCUT2D eigenvalue weighted by atomic mass is 16.5. The van der Waals surface area contributed by atoms with Crippen molar-refractivity contribution in [2.75, 3.05) is 7.11 Å². The Labute approximate surface area is 163 Å². The van der Waals surface area contributed by atoms with Gasteiger partial charge in [-0.25, -0.2) is 0 Å². The van der Waals surface area contributed by atoms with Crippen LogP contribution in [0, 0.1) is 0 Å². The Balaban J connectivity index is 1.99. The van der Waals surface area contributed by atoms with Crippen molar-refractivity contribution in [3.05, 3.63) is 79.8 Å². The molecule has 0 bridgehead atoms. The largest absolute Gasteiger partial charge is 0.515 e. The van der Waals surface area contributed by atoms with Gasteiger partial charge in [-0.2, -0.15) is 0 Å². The molecule has 4 rings (SSSR count). The van der Waals surface area contributed by atoms with Crippen LogP contribution in [0.5, 0.6) is 17.4 Å². The number of hydrogen-bond acceptors (Lipinski definition) is 7. The number of hydrogen-bond donors (Lipinski definition) is 2. The van der Waals surface area contributed by atoms with Crippen molar-refractivity contribution in [1.82, 2.24) is 0 Å². The zero-order valence-electron chi connectivity index (χ0n) is 15.3. The number of aliphatic hydroxyl groups excluding tert-OH is 1. The minimum Gasteiger partial charge on any atom is -0.515 e. The summed E-state index contributed by atoms with van der Waals surface area (Å²) in [6.07, 6.45) is 0.776. The summed E-state index contributed by atoms with van der Waals surface area (Å²) in [6, 6.07) is 13.5. The van der Waals surface area contributed by atoms with Gasteiger partial charge >= 0.3 is 0 Å². The molecule has 0 aliphatic rings. The van der Waals surface area contributed by atoms with Crippen molar-refractivity contribution < 1.29 is 24.1 Å². The maximum Gasteiger partial charge on any atom is 0.294 e. The molecule has 4 aromatic rings. The Morgan fingerprint density at radius 3 is 2.52 bits per heavy atom. The number of ether oxygens (including phenoxy) is 2. The molecule has 0 aliphatic carbocycles. The molecule has 7 nitrogen and oxygen atoms in total. The molecule has 0 amide bonds. The number of rotatable bonds is 4. The molecule has 0 aliphatic heterocycles. The fourth-order valence-corrected chi connectivity index (χ4v) is 3.24. The van der Waals surface area contributed by atoms with Gasteiger partial charge in [-0.15, -0.1) is 0 Å². The summed E-state index contributed by atoms with van der Waals surface area (Å²) in [5.41, 5.74) is -0.491. The molecular weight excluding hydrogens is 376 g/mol. The number of aromatic hydroxyl groups is 1. The van der Waals surface area contributed by atoms with Crippen molar-refractivity contribution in [2.24, 2.45) is 0 Å². The lowest BCUT2D eigenvalue weighted by atomic mass is 10.0. The maximum atomic E-state index is 12.6. The molecule has 0 saturated carbocycles. The average molecular weight is 392 g/mol. The normalized spacial score (nSPS) is 11.8. The highest BCUT2D eigenvalue weighted by Gasteiger charge is 2.19. The van der Waals surface area contributed by atoms with Gasteiger partial charge in [0.25, 0.3) is 11.4 Å². The molecule has 0 radical (unpaired) electrons. The van der Waals surface area contributed by atoms with E-state index in [1.165, 1.54) is 25.3 Å². The van der Waals surface area contributed by atoms with E-state index < -0.39 is 16.8 Å². The van der Waals surface area contributed by atoms with Crippen LogP contribution in [0.15, 0.2) is 62.5 Å². The van der Waals surface area contributed by atoms with Crippen LogP contribution in [-0.4, -0.2) is 17.3 Å². The van der Waals surface area contributed by atoms with E-state index >= 15 is 0 Å². The summed E-state index contributed by atoms with van der Waals surface area (Å²) in [5, 5.41) is 20.4. The molecule has 1 aromatic heterocycles. The van der Waals surface area contributed by atoms with Gasteiger partial charge in [-0.1, -0.05) is 30.3 Å². The first-order valence-electron chi connectivity index (χ1n) is 8.69. The molecule has 146 valence electrons. The number of benzene rings is 3. The summed E-state index contributed by atoms with van der Waals surface area (Å²) in [4.78, 5) is 25.2. The van der Waals surface area contributed by atoms with Gasteiger partial charge in [0.05, 0.1) is 13.4 Å². The Morgan fingerprint density at radius 1 is 1.07 bits per heavy atom. The van der Waals surface area contributed by atoms with E-state index in [2.05, 4.69) is 0 Å². The second kappa shape index (κ2) is 7.20. The molecule has 0 saturated heterocycles. The lowest BCUT2D eigenvalue weighted by Gasteiger charge is -2.10. The third-order valence-electron chi connectivity index (χ3n) is 4.60. The number of methoxy groups -OCH3 is 1. The summed E-state index contributed by atoms with van der Waals surface area (Å²) in [6.45, 7) is 0.229. The second-order valence-electron chi connectivity index (χ2n) is 6.36. The predicted octanol–water partition coefficient (Wildman–Crippen LogP) is 2.61. The standard InChI is InChI=1S/C22H16O7/c1-27-17-7-13(10-23)18-15-8-14(28-11-12-5-3-2-4-6-12)9-16(24)19(15)22(26)29-21(18)20(17)25/h2-10,23,26H,11H2,1H3/b13-10+. The van der Waals surface area contributed by atoms with Crippen molar-refractivity contribution in [3.63, 3.8) is 0 Å². The molecule has 3 aromatic carbocycles.